The molecule has 7 N–H and O–H groups in total. The van der Waals surface area contributed by atoms with Gasteiger partial charge >= 0.3 is 11.9 Å². The molecule has 5 aliphatic rings. The van der Waals surface area contributed by atoms with Crippen molar-refractivity contribution < 1.29 is 63.2 Å². The van der Waals surface area contributed by atoms with E-state index in [1.165, 1.54) is 12.3 Å². The second-order valence-electron chi connectivity index (χ2n) is 13.3. The Morgan fingerprint density at radius 1 is 1.08 bits per heavy atom. The molecule has 0 unspecified atom stereocenters. The molecule has 0 aliphatic carbocycles. The van der Waals surface area contributed by atoms with Crippen LogP contribution in [0.3, 0.4) is 0 Å². The van der Waals surface area contributed by atoms with Gasteiger partial charge in [0.1, 0.15) is 48.5 Å². The van der Waals surface area contributed by atoms with E-state index in [1.807, 2.05) is 36.4 Å². The number of hydrogen-bond donors (Lipinski definition) is 6. The summed E-state index contributed by atoms with van der Waals surface area (Å²) >= 11 is 0. The van der Waals surface area contributed by atoms with Crippen LogP contribution in [0.4, 0.5) is 0 Å². The number of methoxy groups -OCH3 is 2. The number of carbonyl (C=O) groups is 2. The van der Waals surface area contributed by atoms with E-state index >= 15 is 0 Å². The van der Waals surface area contributed by atoms with Crippen molar-refractivity contribution in [1.29, 1.82) is 0 Å². The monoisotopic (exact) mass is 731 g/mol. The van der Waals surface area contributed by atoms with Crippen molar-refractivity contribution in [3.63, 3.8) is 0 Å². The molecule has 16 heteroatoms. The lowest BCUT2D eigenvalue weighted by Gasteiger charge is -2.52. The van der Waals surface area contributed by atoms with E-state index in [9.17, 15) is 24.9 Å². The zero-order chi connectivity index (χ0) is 37.2. The van der Waals surface area contributed by atoms with Crippen LogP contribution in [0.5, 0.6) is 28.7 Å². The SMILES string of the molecule is COc1ccc2c(c1OC)O[C@H]1c3c(cc(O[C@@H]4O[C@@]5(C=CN[C@H](N)[C@H]5OC(=O)CC(=O)O)[C@@H](O)[C@H](O)[C@H]4O)cc3C3=c4ccccc4=NC3)OC[C@@H]21. The number of esters is 1. The number of hydrogen-bond acceptors (Lipinski definition) is 15. The van der Waals surface area contributed by atoms with Crippen molar-refractivity contribution in [1.82, 2.24) is 5.32 Å². The van der Waals surface area contributed by atoms with Gasteiger partial charge in [0.05, 0.1) is 38.6 Å². The van der Waals surface area contributed by atoms with Gasteiger partial charge < -0.3 is 64.6 Å². The zero-order valence-corrected chi connectivity index (χ0v) is 28.5. The number of aliphatic hydroxyl groups excluding tert-OH is 3. The minimum atomic E-state index is -2.06. The smallest absolute Gasteiger partial charge is 0.317 e. The first-order valence-electron chi connectivity index (χ1n) is 16.9. The second-order valence-corrected chi connectivity index (χ2v) is 13.3. The molecule has 0 radical (unpaired) electrons. The fraction of sp³-hybridized carbons (Fsp3) is 0.378. The number of aliphatic carboxylic acids is 1. The van der Waals surface area contributed by atoms with Crippen LogP contribution in [0.25, 0.3) is 5.57 Å². The number of carboxylic acid groups (broad SMARTS) is 1. The van der Waals surface area contributed by atoms with Crippen LogP contribution in [0.2, 0.25) is 0 Å². The zero-order valence-electron chi connectivity index (χ0n) is 28.5. The third kappa shape index (κ3) is 5.61. The molecule has 3 aromatic rings. The van der Waals surface area contributed by atoms with Gasteiger partial charge in [-0.3, -0.25) is 14.6 Å². The standard InChI is InChI=1S/C37H37N3O13/c1-47-23-8-7-18-21-15-49-24-12-16(11-19(20-14-40-22-6-4-3-5-17(20)22)27(24)30(21)52-31(18)32(23)48-2)50-36-29(45)28(44)33(46)37(53-36)9-10-39-35(38)34(37)51-26(43)13-25(41)42/h3-12,21,28-30,33-36,39,44-46H,13-15,38H2,1-2H3,(H,41,42)/t21-,28+,29+,30+,33-,34+,35-,36+,37-/m0/s1. The molecule has 0 amide bonds. The molecule has 9 atom stereocenters. The van der Waals surface area contributed by atoms with Gasteiger partial charge in [-0.15, -0.1) is 0 Å². The molecule has 0 aromatic heterocycles. The fourth-order valence-corrected chi connectivity index (χ4v) is 7.78. The van der Waals surface area contributed by atoms with Crippen LogP contribution in [0, 0.1) is 0 Å². The summed E-state index contributed by atoms with van der Waals surface area (Å²) in [4.78, 5) is 28.4. The summed E-state index contributed by atoms with van der Waals surface area (Å²) in [7, 11) is 3.10. The van der Waals surface area contributed by atoms with E-state index in [2.05, 4.69) is 5.32 Å². The van der Waals surface area contributed by atoms with Crippen LogP contribution in [-0.2, 0) is 19.1 Å². The summed E-state index contributed by atoms with van der Waals surface area (Å²) in [5.74, 6) is -0.683. The number of benzene rings is 3. The van der Waals surface area contributed by atoms with Gasteiger partial charge in [0.2, 0.25) is 12.0 Å². The average Bonchev–Trinajstić information content (AvgIpc) is 3.75. The molecule has 53 heavy (non-hydrogen) atoms. The molecule has 5 heterocycles. The van der Waals surface area contributed by atoms with Crippen molar-refractivity contribution >= 4 is 17.5 Å². The molecule has 3 aromatic carbocycles. The topological polar surface area (TPSA) is 230 Å². The molecule has 0 bridgehead atoms. The molecule has 8 rings (SSSR count). The predicted molar refractivity (Wildman–Crippen MR) is 181 cm³/mol. The van der Waals surface area contributed by atoms with Crippen molar-refractivity contribution in [2.75, 3.05) is 27.4 Å². The summed E-state index contributed by atoms with van der Waals surface area (Å²) in [5.41, 5.74) is 7.34. The predicted octanol–water partition coefficient (Wildman–Crippen LogP) is -0.509. The molecule has 5 aliphatic heterocycles. The van der Waals surface area contributed by atoms with Gasteiger partial charge in [-0.05, 0) is 41.6 Å². The van der Waals surface area contributed by atoms with Gasteiger partial charge in [-0.25, -0.2) is 0 Å². The number of para-hydroxylation sites is 1. The van der Waals surface area contributed by atoms with E-state index in [1.54, 1.807) is 26.4 Å². The number of ether oxygens (including phenoxy) is 7. The quantitative estimate of drug-likeness (QED) is 0.127. The summed E-state index contributed by atoms with van der Waals surface area (Å²) in [6.45, 7) is 0.585. The minimum Gasteiger partial charge on any atom is -0.493 e. The van der Waals surface area contributed by atoms with Gasteiger partial charge in [0, 0.05) is 22.4 Å². The normalized spacial score (nSPS) is 30.3. The number of carboxylic acids is 1. The molecule has 1 fully saturated rings. The third-order valence-electron chi connectivity index (χ3n) is 10.3. The molecule has 0 saturated carbocycles. The van der Waals surface area contributed by atoms with E-state index in [4.69, 9.17) is 49.0 Å². The lowest BCUT2D eigenvalue weighted by atomic mass is 9.79. The van der Waals surface area contributed by atoms with Crippen molar-refractivity contribution in [2.24, 2.45) is 10.7 Å². The summed E-state index contributed by atoms with van der Waals surface area (Å²) in [6.07, 6.45) is -8.88. The number of aliphatic hydroxyl groups is 3. The Morgan fingerprint density at radius 3 is 2.66 bits per heavy atom. The minimum absolute atomic E-state index is 0.160. The highest BCUT2D eigenvalue weighted by Crippen LogP contribution is 2.57. The van der Waals surface area contributed by atoms with Gasteiger partial charge in [0.15, 0.2) is 23.2 Å². The van der Waals surface area contributed by atoms with Crippen molar-refractivity contribution in [3.05, 3.63) is 88.1 Å². The first kappa shape index (κ1) is 34.7. The maximum absolute atomic E-state index is 12.5. The highest BCUT2D eigenvalue weighted by molar-refractivity contribution is 5.90. The van der Waals surface area contributed by atoms with Crippen LogP contribution in [-0.4, -0.2) is 102 Å². The van der Waals surface area contributed by atoms with E-state index in [0.717, 1.165) is 27.3 Å². The van der Waals surface area contributed by atoms with Crippen LogP contribution < -0.4 is 45.3 Å². The first-order chi connectivity index (χ1) is 25.5. The Hall–Kier alpha value is -5.39. The Balaban J connectivity index is 1.20. The summed E-state index contributed by atoms with van der Waals surface area (Å²) in [6, 6.07) is 14.8. The number of fused-ring (bicyclic) bond motifs is 6. The van der Waals surface area contributed by atoms with E-state index in [0.29, 0.717) is 35.1 Å². The van der Waals surface area contributed by atoms with Gasteiger partial charge in [-0.2, -0.15) is 0 Å². The maximum Gasteiger partial charge on any atom is 0.317 e. The van der Waals surface area contributed by atoms with Crippen LogP contribution >= 0.6 is 0 Å². The second kappa shape index (κ2) is 13.2. The number of carbonyl (C=O) groups excluding carboxylic acids is 1. The van der Waals surface area contributed by atoms with Crippen molar-refractivity contribution in [2.45, 2.75) is 60.9 Å². The number of nitrogens with one attached hydrogen (secondary N) is 1. The molecule has 16 nitrogen and oxygen atoms in total. The highest BCUT2D eigenvalue weighted by atomic mass is 16.7. The fourth-order valence-electron chi connectivity index (χ4n) is 7.78. The molecular weight excluding hydrogens is 694 g/mol. The number of nitrogens with zero attached hydrogens (tertiary/aromatic N) is 1. The Labute approximate surface area is 301 Å². The Bertz CT molecular complexity index is 2140. The van der Waals surface area contributed by atoms with E-state index < -0.39 is 66.9 Å². The third-order valence-corrected chi connectivity index (χ3v) is 10.3. The lowest BCUT2D eigenvalue weighted by Crippen LogP contribution is -2.74. The maximum atomic E-state index is 12.5. The largest absolute Gasteiger partial charge is 0.493 e. The van der Waals surface area contributed by atoms with Crippen LogP contribution in [0.1, 0.15) is 35.1 Å². The Kier molecular flexibility index (Phi) is 8.66. The number of nitrogens with two attached hydrogens (primary N) is 1. The molecule has 278 valence electrons. The number of rotatable bonds is 8. The molecular formula is C37H37N3O13. The highest BCUT2D eigenvalue weighted by Gasteiger charge is 2.61. The summed E-state index contributed by atoms with van der Waals surface area (Å²) < 4.78 is 42.2. The molecule has 1 saturated heterocycles. The summed E-state index contributed by atoms with van der Waals surface area (Å²) in [5, 5.41) is 47.1. The Morgan fingerprint density at radius 2 is 1.89 bits per heavy atom. The lowest BCUT2D eigenvalue weighted by molar-refractivity contribution is -0.321. The van der Waals surface area contributed by atoms with E-state index in [-0.39, 0.29) is 18.3 Å². The van der Waals surface area contributed by atoms with Crippen molar-refractivity contribution in [3.8, 4) is 28.7 Å². The van der Waals surface area contributed by atoms with Crippen LogP contribution in [0.15, 0.2) is 65.8 Å². The first-order valence-corrected chi connectivity index (χ1v) is 16.9. The average molecular weight is 732 g/mol. The molecule has 1 spiro atoms. The van der Waals surface area contributed by atoms with Gasteiger partial charge in [-0.1, -0.05) is 24.3 Å². The van der Waals surface area contributed by atoms with Gasteiger partial charge in [0.25, 0.3) is 0 Å².